The lowest BCUT2D eigenvalue weighted by Crippen LogP contribution is -2.07. The zero-order chi connectivity index (χ0) is 18.2. The molecule has 1 amide bonds. The van der Waals surface area contributed by atoms with Crippen LogP contribution in [0.2, 0.25) is 5.15 Å². The van der Waals surface area contributed by atoms with E-state index in [1.807, 2.05) is 54.6 Å². The van der Waals surface area contributed by atoms with Crippen molar-refractivity contribution in [1.29, 1.82) is 0 Å². The Morgan fingerprint density at radius 3 is 2.73 bits per heavy atom. The summed E-state index contributed by atoms with van der Waals surface area (Å²) in [6.45, 7) is 0.497. The molecular weight excluding hydrogens is 348 g/mol. The summed E-state index contributed by atoms with van der Waals surface area (Å²) in [5, 5.41) is 3.06. The summed E-state index contributed by atoms with van der Waals surface area (Å²) >= 11 is 5.80. The van der Waals surface area contributed by atoms with Gasteiger partial charge in [-0.05, 0) is 41.5 Å². The van der Waals surface area contributed by atoms with Crippen molar-refractivity contribution in [2.24, 2.45) is 0 Å². The molecule has 0 aliphatic rings. The zero-order valence-electron chi connectivity index (χ0n) is 13.9. The Hall–Kier alpha value is -3.11. The van der Waals surface area contributed by atoms with Gasteiger partial charge in [-0.15, -0.1) is 0 Å². The number of carbonyl (C=O) groups is 1. The molecule has 3 aromatic rings. The third-order valence-corrected chi connectivity index (χ3v) is 3.73. The van der Waals surface area contributed by atoms with Crippen LogP contribution in [0.15, 0.2) is 79.0 Å². The number of carbonyl (C=O) groups excluding carboxylic acids is 1. The van der Waals surface area contributed by atoms with Gasteiger partial charge in [-0.2, -0.15) is 0 Å². The van der Waals surface area contributed by atoms with Gasteiger partial charge in [0.2, 0.25) is 5.91 Å². The summed E-state index contributed by atoms with van der Waals surface area (Å²) in [5.74, 6) is 0.500. The number of nitrogens with one attached hydrogen (secondary N) is 1. The largest absolute Gasteiger partial charge is 0.489 e. The SMILES string of the molecule is O=C(/C=C/c1cccc(OCc2ccccc2)c1)Nc1ccnc(Cl)c1. The molecule has 0 saturated heterocycles. The fourth-order valence-corrected chi connectivity index (χ4v) is 2.46. The number of hydrogen-bond donors (Lipinski definition) is 1. The van der Waals surface area contributed by atoms with Crippen molar-refractivity contribution < 1.29 is 9.53 Å². The van der Waals surface area contributed by atoms with Crippen LogP contribution in [0.25, 0.3) is 6.08 Å². The van der Waals surface area contributed by atoms with Crippen LogP contribution in [0.3, 0.4) is 0 Å². The first kappa shape index (κ1) is 17.7. The highest BCUT2D eigenvalue weighted by molar-refractivity contribution is 6.29. The maximum absolute atomic E-state index is 12.0. The lowest BCUT2D eigenvalue weighted by atomic mass is 10.2. The normalized spacial score (nSPS) is 10.7. The highest BCUT2D eigenvalue weighted by Gasteiger charge is 2.00. The molecule has 0 aliphatic heterocycles. The van der Waals surface area contributed by atoms with Crippen molar-refractivity contribution in [3.8, 4) is 5.75 Å². The summed E-state index contributed by atoms with van der Waals surface area (Å²) in [6.07, 6.45) is 4.73. The standard InChI is InChI=1S/C21H17ClN2O2/c22-20-14-18(11-12-23-20)24-21(25)10-9-16-7-4-8-19(13-16)26-15-17-5-2-1-3-6-17/h1-14H,15H2,(H,23,24,25)/b10-9+. The van der Waals surface area contributed by atoms with Crippen LogP contribution >= 0.6 is 11.6 Å². The van der Waals surface area contributed by atoms with Gasteiger partial charge in [-0.25, -0.2) is 4.98 Å². The third-order valence-electron chi connectivity index (χ3n) is 3.53. The van der Waals surface area contributed by atoms with E-state index < -0.39 is 0 Å². The molecule has 0 atom stereocenters. The Kier molecular flexibility index (Phi) is 6.01. The minimum Gasteiger partial charge on any atom is -0.489 e. The molecule has 0 bridgehead atoms. The molecule has 1 N–H and O–H groups in total. The van der Waals surface area contributed by atoms with E-state index in [9.17, 15) is 4.79 Å². The number of hydrogen-bond acceptors (Lipinski definition) is 3. The fourth-order valence-electron chi connectivity index (χ4n) is 2.28. The monoisotopic (exact) mass is 364 g/mol. The summed E-state index contributed by atoms with van der Waals surface area (Å²) < 4.78 is 5.79. The molecule has 0 aliphatic carbocycles. The van der Waals surface area contributed by atoms with Crippen LogP contribution in [0.5, 0.6) is 5.75 Å². The Balaban J connectivity index is 1.59. The maximum Gasteiger partial charge on any atom is 0.248 e. The molecule has 26 heavy (non-hydrogen) atoms. The molecule has 0 saturated carbocycles. The highest BCUT2D eigenvalue weighted by atomic mass is 35.5. The minimum atomic E-state index is -0.247. The molecule has 130 valence electrons. The molecule has 1 heterocycles. The second-order valence-electron chi connectivity index (χ2n) is 5.54. The van der Waals surface area contributed by atoms with E-state index >= 15 is 0 Å². The van der Waals surface area contributed by atoms with Gasteiger partial charge in [0.1, 0.15) is 17.5 Å². The van der Waals surface area contributed by atoms with Crippen molar-refractivity contribution in [1.82, 2.24) is 4.98 Å². The highest BCUT2D eigenvalue weighted by Crippen LogP contribution is 2.17. The third kappa shape index (κ3) is 5.46. The van der Waals surface area contributed by atoms with Gasteiger partial charge in [0.15, 0.2) is 0 Å². The number of benzene rings is 2. The van der Waals surface area contributed by atoms with Crippen molar-refractivity contribution in [2.75, 3.05) is 5.32 Å². The number of ether oxygens (including phenoxy) is 1. The molecule has 1 aromatic heterocycles. The second kappa shape index (κ2) is 8.83. The number of anilines is 1. The van der Waals surface area contributed by atoms with Gasteiger partial charge >= 0.3 is 0 Å². The van der Waals surface area contributed by atoms with Gasteiger partial charge in [0.05, 0.1) is 0 Å². The summed E-state index contributed by atoms with van der Waals surface area (Å²) in [6, 6.07) is 20.8. The number of halogens is 1. The molecule has 2 aromatic carbocycles. The zero-order valence-corrected chi connectivity index (χ0v) is 14.7. The van der Waals surface area contributed by atoms with Gasteiger partial charge in [0, 0.05) is 18.0 Å². The van der Waals surface area contributed by atoms with Gasteiger partial charge < -0.3 is 10.1 Å². The summed E-state index contributed by atoms with van der Waals surface area (Å²) in [4.78, 5) is 15.9. The Morgan fingerprint density at radius 2 is 1.92 bits per heavy atom. The molecular formula is C21H17ClN2O2. The van der Waals surface area contributed by atoms with Gasteiger partial charge in [0.25, 0.3) is 0 Å². The molecule has 4 nitrogen and oxygen atoms in total. The first-order valence-corrected chi connectivity index (χ1v) is 8.44. The number of aromatic nitrogens is 1. The molecule has 0 fully saturated rings. The lowest BCUT2D eigenvalue weighted by molar-refractivity contribution is -0.111. The van der Waals surface area contributed by atoms with Crippen LogP contribution in [-0.2, 0) is 11.4 Å². The van der Waals surface area contributed by atoms with Gasteiger partial charge in [-0.1, -0.05) is 54.1 Å². The molecule has 3 rings (SSSR count). The second-order valence-corrected chi connectivity index (χ2v) is 5.92. The van der Waals surface area contributed by atoms with Crippen molar-refractivity contribution >= 4 is 29.3 Å². The Bertz CT molecular complexity index is 911. The first-order valence-electron chi connectivity index (χ1n) is 8.06. The molecule has 5 heteroatoms. The van der Waals surface area contributed by atoms with Crippen molar-refractivity contribution in [2.45, 2.75) is 6.61 Å². The quantitative estimate of drug-likeness (QED) is 0.496. The number of nitrogens with zero attached hydrogens (tertiary/aromatic N) is 1. The van der Waals surface area contributed by atoms with E-state index in [2.05, 4.69) is 10.3 Å². The van der Waals surface area contributed by atoms with Crippen molar-refractivity contribution in [3.63, 3.8) is 0 Å². The number of amides is 1. The van der Waals surface area contributed by atoms with Crippen LogP contribution in [0, 0.1) is 0 Å². The topological polar surface area (TPSA) is 51.2 Å². The number of pyridine rings is 1. The summed E-state index contributed by atoms with van der Waals surface area (Å²) in [5.41, 5.74) is 2.57. The van der Waals surface area contributed by atoms with Crippen LogP contribution < -0.4 is 10.1 Å². The van der Waals surface area contributed by atoms with Crippen molar-refractivity contribution in [3.05, 3.63) is 95.3 Å². The van der Waals surface area contributed by atoms with E-state index in [0.717, 1.165) is 16.9 Å². The predicted molar refractivity (Wildman–Crippen MR) is 104 cm³/mol. The van der Waals surface area contributed by atoms with E-state index in [0.29, 0.717) is 17.4 Å². The fraction of sp³-hybridized carbons (Fsp3) is 0.0476. The van der Waals surface area contributed by atoms with E-state index in [4.69, 9.17) is 16.3 Å². The smallest absolute Gasteiger partial charge is 0.248 e. The molecule has 0 unspecified atom stereocenters. The average Bonchev–Trinajstić information content (AvgIpc) is 2.66. The maximum atomic E-state index is 12.0. The van der Waals surface area contributed by atoms with E-state index in [1.165, 1.54) is 12.3 Å². The van der Waals surface area contributed by atoms with E-state index in [1.54, 1.807) is 18.2 Å². The predicted octanol–water partition coefficient (Wildman–Crippen LogP) is 4.97. The van der Waals surface area contributed by atoms with Gasteiger partial charge in [-0.3, -0.25) is 4.79 Å². The van der Waals surface area contributed by atoms with Crippen LogP contribution in [0.1, 0.15) is 11.1 Å². The summed E-state index contributed by atoms with van der Waals surface area (Å²) in [7, 11) is 0. The van der Waals surface area contributed by atoms with Crippen LogP contribution in [-0.4, -0.2) is 10.9 Å². The lowest BCUT2D eigenvalue weighted by Gasteiger charge is -2.07. The van der Waals surface area contributed by atoms with E-state index in [-0.39, 0.29) is 5.91 Å². The van der Waals surface area contributed by atoms with Crippen LogP contribution in [0.4, 0.5) is 5.69 Å². The molecule has 0 spiro atoms. The molecule has 0 radical (unpaired) electrons. The minimum absolute atomic E-state index is 0.247. The Labute approximate surface area is 157 Å². The average molecular weight is 365 g/mol. The first-order chi connectivity index (χ1) is 12.7. The Morgan fingerprint density at radius 1 is 1.08 bits per heavy atom. The number of rotatable bonds is 6.